The van der Waals surface area contributed by atoms with Crippen LogP contribution in [0.1, 0.15) is 43.7 Å². The molecule has 2 aromatic carbocycles. The predicted octanol–water partition coefficient (Wildman–Crippen LogP) is 3.64. The fourth-order valence-electron chi connectivity index (χ4n) is 4.81. The Hall–Kier alpha value is -3.39. The Kier molecular flexibility index (Phi) is 7.70. The Morgan fingerprint density at radius 1 is 1.06 bits per heavy atom. The van der Waals surface area contributed by atoms with Crippen LogP contribution < -0.4 is 5.32 Å². The summed E-state index contributed by atoms with van der Waals surface area (Å²) in [5.74, 6) is -1.32. The monoisotopic (exact) mass is 480 g/mol. The van der Waals surface area contributed by atoms with Crippen LogP contribution in [0.3, 0.4) is 0 Å². The van der Waals surface area contributed by atoms with Crippen LogP contribution >= 0.6 is 0 Å². The number of hydrogen-bond donors (Lipinski definition) is 2. The predicted molar refractivity (Wildman–Crippen MR) is 130 cm³/mol. The molecule has 2 N–H and O–H groups in total. The van der Waals surface area contributed by atoms with E-state index >= 15 is 0 Å². The molecular weight excluding hydrogens is 448 g/mol. The van der Waals surface area contributed by atoms with E-state index in [0.29, 0.717) is 18.8 Å². The molecule has 1 aliphatic heterocycles. The summed E-state index contributed by atoms with van der Waals surface area (Å²) in [7, 11) is 0. The number of aliphatic carboxylic acids is 1. The van der Waals surface area contributed by atoms with Crippen LogP contribution in [0.15, 0.2) is 48.5 Å². The number of hydrogen-bond acceptors (Lipinski definition) is 5. The highest BCUT2D eigenvalue weighted by atomic mass is 16.5. The van der Waals surface area contributed by atoms with Gasteiger partial charge in [-0.05, 0) is 41.0 Å². The van der Waals surface area contributed by atoms with E-state index in [1.807, 2.05) is 50.2 Å². The van der Waals surface area contributed by atoms with Crippen molar-refractivity contribution < 1.29 is 29.0 Å². The standard InChI is InChI=1S/C27H32N2O6/c1-17(2)11-12-23(25(30)29-13-14-34-16-24(29)26(31)32)28-27(33)35-15-22-20-9-5-3-7-18(20)19-8-4-6-10-21(19)22/h3-10,17,22-24H,11-16H2,1-2H3,(H,28,33)(H,31,32). The number of fused-ring (bicyclic) bond motifs is 3. The third kappa shape index (κ3) is 5.48. The SMILES string of the molecule is CC(C)CCC(NC(=O)OCC1c2ccccc2-c2ccccc21)C(=O)N1CCOCC1C(=O)O. The fourth-order valence-corrected chi connectivity index (χ4v) is 4.81. The Labute approximate surface area is 205 Å². The number of morpholine rings is 1. The van der Waals surface area contributed by atoms with Gasteiger partial charge in [0, 0.05) is 12.5 Å². The maximum atomic E-state index is 13.3. The van der Waals surface area contributed by atoms with Crippen LogP contribution in [0, 0.1) is 5.92 Å². The summed E-state index contributed by atoms with van der Waals surface area (Å²) in [6, 6.07) is 14.2. The van der Waals surface area contributed by atoms with Crippen LogP contribution in [0.2, 0.25) is 0 Å². The number of rotatable bonds is 8. The van der Waals surface area contributed by atoms with Crippen LogP contribution in [-0.2, 0) is 19.1 Å². The van der Waals surface area contributed by atoms with E-state index in [2.05, 4.69) is 17.4 Å². The zero-order valence-electron chi connectivity index (χ0n) is 20.1. The largest absolute Gasteiger partial charge is 0.480 e. The number of ether oxygens (including phenoxy) is 2. The molecule has 2 aromatic rings. The van der Waals surface area contributed by atoms with Crippen molar-refractivity contribution in [1.29, 1.82) is 0 Å². The summed E-state index contributed by atoms with van der Waals surface area (Å²) >= 11 is 0. The molecule has 0 aromatic heterocycles. The van der Waals surface area contributed by atoms with E-state index in [9.17, 15) is 19.5 Å². The van der Waals surface area contributed by atoms with Gasteiger partial charge in [0.05, 0.1) is 13.2 Å². The van der Waals surface area contributed by atoms with Gasteiger partial charge in [-0.15, -0.1) is 0 Å². The normalized spacial score (nSPS) is 18.0. The van der Waals surface area contributed by atoms with Gasteiger partial charge in [0.1, 0.15) is 12.6 Å². The zero-order valence-corrected chi connectivity index (χ0v) is 20.1. The van der Waals surface area contributed by atoms with E-state index in [-0.39, 0.29) is 32.3 Å². The van der Waals surface area contributed by atoms with Gasteiger partial charge in [-0.2, -0.15) is 0 Å². The molecule has 1 saturated heterocycles. The quantitative estimate of drug-likeness (QED) is 0.598. The molecule has 2 atom stereocenters. The number of amides is 2. The number of carboxylic acids is 1. The third-order valence-electron chi connectivity index (χ3n) is 6.66. The fraction of sp³-hybridized carbons (Fsp3) is 0.444. The molecule has 0 bridgehead atoms. The molecule has 0 radical (unpaired) electrons. The molecular formula is C27H32N2O6. The molecule has 0 saturated carbocycles. The molecule has 2 aliphatic rings. The van der Waals surface area contributed by atoms with E-state index in [4.69, 9.17) is 9.47 Å². The lowest BCUT2D eigenvalue weighted by molar-refractivity contribution is -0.159. The summed E-state index contributed by atoms with van der Waals surface area (Å²) in [4.78, 5) is 39.1. The molecule has 1 fully saturated rings. The highest BCUT2D eigenvalue weighted by Crippen LogP contribution is 2.44. The van der Waals surface area contributed by atoms with E-state index in [0.717, 1.165) is 22.3 Å². The molecule has 8 nitrogen and oxygen atoms in total. The number of benzene rings is 2. The molecule has 4 rings (SSSR count). The molecule has 1 heterocycles. The van der Waals surface area contributed by atoms with Gasteiger partial charge < -0.3 is 24.8 Å². The number of carboxylic acid groups (broad SMARTS) is 1. The lowest BCUT2D eigenvalue weighted by atomic mass is 9.98. The van der Waals surface area contributed by atoms with E-state index in [1.54, 1.807) is 0 Å². The van der Waals surface area contributed by atoms with Crippen LogP contribution in [0.5, 0.6) is 0 Å². The number of carbonyl (C=O) groups excluding carboxylic acids is 2. The number of nitrogens with zero attached hydrogens (tertiary/aromatic N) is 1. The van der Waals surface area contributed by atoms with Gasteiger partial charge in [-0.3, -0.25) is 4.79 Å². The van der Waals surface area contributed by atoms with Crippen LogP contribution in [-0.4, -0.2) is 66.4 Å². The van der Waals surface area contributed by atoms with E-state index < -0.39 is 30.1 Å². The van der Waals surface area contributed by atoms with Crippen LogP contribution in [0.25, 0.3) is 11.1 Å². The maximum Gasteiger partial charge on any atom is 0.407 e. The van der Waals surface area contributed by atoms with Crippen molar-refractivity contribution in [1.82, 2.24) is 10.2 Å². The highest BCUT2D eigenvalue weighted by Gasteiger charge is 2.37. The maximum absolute atomic E-state index is 13.3. The molecule has 0 spiro atoms. The smallest absolute Gasteiger partial charge is 0.407 e. The Balaban J connectivity index is 1.45. The van der Waals surface area contributed by atoms with Crippen molar-refractivity contribution in [2.45, 2.75) is 44.7 Å². The molecule has 2 unspecified atom stereocenters. The molecule has 186 valence electrons. The molecule has 8 heteroatoms. The van der Waals surface area contributed by atoms with Gasteiger partial charge in [0.25, 0.3) is 0 Å². The Morgan fingerprint density at radius 3 is 2.29 bits per heavy atom. The first-order valence-corrected chi connectivity index (χ1v) is 12.1. The first kappa shape index (κ1) is 24.7. The second kappa shape index (κ2) is 10.9. The summed E-state index contributed by atoms with van der Waals surface area (Å²) in [6.07, 6.45) is 0.404. The van der Waals surface area contributed by atoms with Gasteiger partial charge in [0.2, 0.25) is 5.91 Å². The number of nitrogens with one attached hydrogen (secondary N) is 1. The first-order valence-electron chi connectivity index (χ1n) is 12.1. The first-order chi connectivity index (χ1) is 16.9. The lowest BCUT2D eigenvalue weighted by Crippen LogP contribution is -2.58. The van der Waals surface area contributed by atoms with Crippen molar-refractivity contribution in [2.75, 3.05) is 26.4 Å². The lowest BCUT2D eigenvalue weighted by Gasteiger charge is -2.35. The zero-order chi connectivity index (χ0) is 24.9. The van der Waals surface area contributed by atoms with Crippen molar-refractivity contribution >= 4 is 18.0 Å². The molecule has 35 heavy (non-hydrogen) atoms. The van der Waals surface area contributed by atoms with Crippen molar-refractivity contribution in [2.24, 2.45) is 5.92 Å². The van der Waals surface area contributed by atoms with Crippen molar-refractivity contribution in [3.63, 3.8) is 0 Å². The number of carbonyl (C=O) groups is 3. The van der Waals surface area contributed by atoms with Gasteiger partial charge >= 0.3 is 12.1 Å². The van der Waals surface area contributed by atoms with Gasteiger partial charge in [-0.1, -0.05) is 62.4 Å². The summed E-state index contributed by atoms with van der Waals surface area (Å²) < 4.78 is 10.9. The Morgan fingerprint density at radius 2 is 1.69 bits per heavy atom. The average molecular weight is 481 g/mol. The Bertz CT molecular complexity index is 1040. The van der Waals surface area contributed by atoms with Crippen LogP contribution in [0.4, 0.5) is 4.79 Å². The van der Waals surface area contributed by atoms with Gasteiger partial charge in [-0.25, -0.2) is 9.59 Å². The average Bonchev–Trinajstić information content (AvgIpc) is 3.18. The summed E-state index contributed by atoms with van der Waals surface area (Å²) in [5, 5.41) is 12.2. The topological polar surface area (TPSA) is 105 Å². The third-order valence-corrected chi connectivity index (χ3v) is 6.66. The highest BCUT2D eigenvalue weighted by molar-refractivity contribution is 5.89. The van der Waals surface area contributed by atoms with E-state index in [1.165, 1.54) is 4.90 Å². The minimum atomic E-state index is -1.12. The van der Waals surface area contributed by atoms with Gasteiger partial charge in [0.15, 0.2) is 6.04 Å². The molecule has 2 amide bonds. The second-order valence-electron chi connectivity index (χ2n) is 9.45. The minimum absolute atomic E-state index is 0.0665. The minimum Gasteiger partial charge on any atom is -0.480 e. The van der Waals surface area contributed by atoms with Crippen molar-refractivity contribution in [3.05, 3.63) is 59.7 Å². The second-order valence-corrected chi connectivity index (χ2v) is 9.45. The number of alkyl carbamates (subject to hydrolysis) is 1. The molecule has 1 aliphatic carbocycles. The summed E-state index contributed by atoms with van der Waals surface area (Å²) in [5.41, 5.74) is 4.47. The van der Waals surface area contributed by atoms with Crippen molar-refractivity contribution in [3.8, 4) is 11.1 Å². The summed E-state index contributed by atoms with van der Waals surface area (Å²) in [6.45, 7) is 4.56.